The molecule has 0 aliphatic heterocycles. The number of allylic oxidation sites excluding steroid dienone is 2. The van der Waals surface area contributed by atoms with Gasteiger partial charge in [-0.1, -0.05) is 18.1 Å². The molecule has 0 aromatic carbocycles. The fraction of sp³-hybridized carbons (Fsp3) is 0.500. The molecule has 0 fully saturated rings. The lowest BCUT2D eigenvalue weighted by molar-refractivity contribution is -0.147. The lowest BCUT2D eigenvalue weighted by atomic mass is 9.76. The van der Waals surface area contributed by atoms with Crippen LogP contribution in [0.3, 0.4) is 0 Å². The van der Waals surface area contributed by atoms with Crippen molar-refractivity contribution >= 4 is 29.1 Å². The maximum absolute atomic E-state index is 12.5. The van der Waals surface area contributed by atoms with Crippen molar-refractivity contribution in [1.29, 1.82) is 0 Å². The van der Waals surface area contributed by atoms with Crippen LogP contribution in [0.15, 0.2) is 16.5 Å². The summed E-state index contributed by atoms with van der Waals surface area (Å²) in [5.74, 6) is -3.27. The summed E-state index contributed by atoms with van der Waals surface area (Å²) in [6, 6.07) is 0. The molecule has 0 bridgehead atoms. The number of rotatable bonds is 4. The molecule has 25 heavy (non-hydrogen) atoms. The number of carboxylic acids is 1. The third kappa shape index (κ3) is 4.10. The van der Waals surface area contributed by atoms with Gasteiger partial charge in [0.25, 0.3) is 5.91 Å². The van der Waals surface area contributed by atoms with Crippen molar-refractivity contribution in [2.75, 3.05) is 0 Å². The molecule has 3 N–H and O–H groups in total. The van der Waals surface area contributed by atoms with Gasteiger partial charge in [0, 0.05) is 10.3 Å². The summed E-state index contributed by atoms with van der Waals surface area (Å²) in [5.41, 5.74) is 8.41. The first kappa shape index (κ1) is 19.2. The Morgan fingerprint density at radius 2 is 1.72 bits per heavy atom. The minimum Gasteiger partial charge on any atom is -0.481 e. The summed E-state index contributed by atoms with van der Waals surface area (Å²) in [4.78, 5) is 37.3. The molecule has 136 valence electrons. The molecule has 0 saturated heterocycles. The molecule has 1 aliphatic rings. The standard InChI is InChI=1S/C18H24N2O4S/c1-5-12-11(4)25-8-15(12)17(22)20-19-16(21)13-6-9(2)10(3)7-14(13)18(23)24/h8,13-14H,5-7H2,1-4H3,(H,19,21)(H,20,22)(H,23,24). The van der Waals surface area contributed by atoms with Crippen molar-refractivity contribution in [3.63, 3.8) is 0 Å². The number of nitrogens with one attached hydrogen (secondary N) is 2. The van der Waals surface area contributed by atoms with Crippen LogP contribution in [0.25, 0.3) is 0 Å². The molecular weight excluding hydrogens is 340 g/mol. The number of hydrazine groups is 1. The Hall–Kier alpha value is -2.15. The molecule has 2 unspecified atom stereocenters. The number of carbonyl (C=O) groups excluding carboxylic acids is 2. The highest BCUT2D eigenvalue weighted by Gasteiger charge is 2.37. The van der Waals surface area contributed by atoms with Gasteiger partial charge in [-0.15, -0.1) is 11.3 Å². The van der Waals surface area contributed by atoms with Gasteiger partial charge in [-0.25, -0.2) is 0 Å². The SMILES string of the molecule is CCc1c(C(=O)NNC(=O)C2CC(C)=C(C)CC2C(=O)O)csc1C. The maximum atomic E-state index is 12.5. The molecule has 1 aromatic rings. The fourth-order valence-corrected chi connectivity index (χ4v) is 4.16. The molecule has 2 atom stereocenters. The number of hydrogen-bond acceptors (Lipinski definition) is 4. The Labute approximate surface area is 151 Å². The number of hydrogen-bond donors (Lipinski definition) is 3. The second-order valence-electron chi connectivity index (χ2n) is 6.50. The zero-order valence-electron chi connectivity index (χ0n) is 14.9. The van der Waals surface area contributed by atoms with Gasteiger partial charge >= 0.3 is 5.97 Å². The third-order valence-corrected chi connectivity index (χ3v) is 5.87. The Morgan fingerprint density at radius 1 is 1.12 bits per heavy atom. The van der Waals surface area contributed by atoms with E-state index in [-0.39, 0.29) is 5.91 Å². The van der Waals surface area contributed by atoms with Gasteiger partial charge in [0.2, 0.25) is 5.91 Å². The van der Waals surface area contributed by atoms with E-state index in [0.29, 0.717) is 18.4 Å². The van der Waals surface area contributed by atoms with Crippen molar-refractivity contribution in [3.8, 4) is 0 Å². The van der Waals surface area contributed by atoms with Crippen molar-refractivity contribution in [1.82, 2.24) is 10.9 Å². The van der Waals surface area contributed by atoms with E-state index in [9.17, 15) is 19.5 Å². The number of carboxylic acid groups (broad SMARTS) is 1. The smallest absolute Gasteiger partial charge is 0.307 e. The van der Waals surface area contributed by atoms with Crippen molar-refractivity contribution in [3.05, 3.63) is 32.5 Å². The topological polar surface area (TPSA) is 95.5 Å². The molecular formula is C18H24N2O4S. The van der Waals surface area contributed by atoms with Crippen LogP contribution in [0, 0.1) is 18.8 Å². The fourth-order valence-electron chi connectivity index (χ4n) is 3.22. The zero-order chi connectivity index (χ0) is 18.7. The first-order valence-electron chi connectivity index (χ1n) is 8.31. The number of carbonyl (C=O) groups is 3. The van der Waals surface area contributed by atoms with Gasteiger partial charge < -0.3 is 5.11 Å². The Kier molecular flexibility index (Phi) is 6.00. The van der Waals surface area contributed by atoms with E-state index in [1.807, 2.05) is 27.7 Å². The average molecular weight is 364 g/mol. The van der Waals surface area contributed by atoms with Crippen LogP contribution in [0.2, 0.25) is 0 Å². The molecule has 1 aliphatic carbocycles. The van der Waals surface area contributed by atoms with Gasteiger partial charge in [-0.05, 0) is 45.6 Å². The van der Waals surface area contributed by atoms with E-state index in [0.717, 1.165) is 28.0 Å². The minimum absolute atomic E-state index is 0.358. The molecule has 2 amide bonds. The van der Waals surface area contributed by atoms with Crippen molar-refractivity contribution < 1.29 is 19.5 Å². The van der Waals surface area contributed by atoms with E-state index in [1.165, 1.54) is 11.3 Å². The van der Waals surface area contributed by atoms with Crippen LogP contribution >= 0.6 is 11.3 Å². The lowest BCUT2D eigenvalue weighted by Crippen LogP contribution is -2.48. The number of aliphatic carboxylic acids is 1. The average Bonchev–Trinajstić information content (AvgIpc) is 2.94. The second kappa shape index (κ2) is 7.82. The first-order chi connectivity index (χ1) is 11.8. The number of amides is 2. The van der Waals surface area contributed by atoms with Gasteiger partial charge in [-0.3, -0.25) is 25.2 Å². The Bertz CT molecular complexity index is 735. The van der Waals surface area contributed by atoms with Crippen LogP contribution < -0.4 is 10.9 Å². The summed E-state index contributed by atoms with van der Waals surface area (Å²) in [6.45, 7) is 7.73. The van der Waals surface area contributed by atoms with Gasteiger partial charge in [0.15, 0.2) is 0 Å². The highest BCUT2D eigenvalue weighted by molar-refractivity contribution is 7.10. The van der Waals surface area contributed by atoms with E-state index in [1.54, 1.807) is 5.38 Å². The molecule has 1 heterocycles. The molecule has 0 spiro atoms. The van der Waals surface area contributed by atoms with E-state index in [4.69, 9.17) is 0 Å². The summed E-state index contributed by atoms with van der Waals surface area (Å²) in [6.07, 6.45) is 1.48. The molecule has 7 heteroatoms. The first-order valence-corrected chi connectivity index (χ1v) is 9.19. The largest absolute Gasteiger partial charge is 0.481 e. The number of aryl methyl sites for hydroxylation is 1. The highest BCUT2D eigenvalue weighted by atomic mass is 32.1. The predicted octanol–water partition coefficient (Wildman–Crippen LogP) is 2.83. The monoisotopic (exact) mass is 364 g/mol. The highest BCUT2D eigenvalue weighted by Crippen LogP contribution is 2.34. The van der Waals surface area contributed by atoms with Gasteiger partial charge in [0.1, 0.15) is 0 Å². The van der Waals surface area contributed by atoms with Crippen molar-refractivity contribution in [2.45, 2.75) is 47.0 Å². The quantitative estimate of drug-likeness (QED) is 0.565. The minimum atomic E-state index is -0.986. The third-order valence-electron chi connectivity index (χ3n) is 4.92. The van der Waals surface area contributed by atoms with Gasteiger partial charge in [-0.2, -0.15) is 0 Å². The van der Waals surface area contributed by atoms with Crippen molar-refractivity contribution in [2.24, 2.45) is 11.8 Å². The van der Waals surface area contributed by atoms with Crippen LogP contribution in [0.4, 0.5) is 0 Å². The normalized spacial score (nSPS) is 20.3. The van der Waals surface area contributed by atoms with Gasteiger partial charge in [0.05, 0.1) is 17.4 Å². The molecule has 6 nitrogen and oxygen atoms in total. The van der Waals surface area contributed by atoms with Crippen LogP contribution in [0.5, 0.6) is 0 Å². The van der Waals surface area contributed by atoms with E-state index >= 15 is 0 Å². The molecule has 2 rings (SSSR count). The second-order valence-corrected chi connectivity index (χ2v) is 7.58. The predicted molar refractivity (Wildman–Crippen MR) is 96.3 cm³/mol. The Morgan fingerprint density at radius 3 is 2.28 bits per heavy atom. The van der Waals surface area contributed by atoms with E-state index in [2.05, 4.69) is 10.9 Å². The Balaban J connectivity index is 2.06. The zero-order valence-corrected chi connectivity index (χ0v) is 15.8. The molecule has 0 radical (unpaired) electrons. The van der Waals surface area contributed by atoms with E-state index < -0.39 is 23.7 Å². The number of thiophene rings is 1. The summed E-state index contributed by atoms with van der Waals surface area (Å²) >= 11 is 1.49. The van der Waals surface area contributed by atoms with Crippen LogP contribution in [-0.4, -0.2) is 22.9 Å². The summed E-state index contributed by atoms with van der Waals surface area (Å²) in [7, 11) is 0. The van der Waals surface area contributed by atoms with Crippen LogP contribution in [-0.2, 0) is 16.0 Å². The summed E-state index contributed by atoms with van der Waals surface area (Å²) in [5, 5.41) is 11.2. The molecule has 1 aromatic heterocycles. The molecule has 0 saturated carbocycles. The lowest BCUT2D eigenvalue weighted by Gasteiger charge is -2.29. The maximum Gasteiger partial charge on any atom is 0.307 e. The van der Waals surface area contributed by atoms with Crippen LogP contribution in [0.1, 0.15) is 54.4 Å². The summed E-state index contributed by atoms with van der Waals surface area (Å²) < 4.78 is 0.